The minimum Gasteiger partial charge on any atom is -0.272 e. The van der Waals surface area contributed by atoms with Gasteiger partial charge in [-0.2, -0.15) is 5.01 Å². The van der Waals surface area contributed by atoms with Gasteiger partial charge in [0.2, 0.25) is 0 Å². The van der Waals surface area contributed by atoms with Crippen molar-refractivity contribution in [3.63, 3.8) is 0 Å². The van der Waals surface area contributed by atoms with Crippen molar-refractivity contribution in [2.24, 2.45) is 23.7 Å². The fourth-order valence-corrected chi connectivity index (χ4v) is 7.46. The van der Waals surface area contributed by atoms with Gasteiger partial charge in [-0.05, 0) is 36.5 Å². The summed E-state index contributed by atoms with van der Waals surface area (Å²) in [5, 5.41) is 2.18. The van der Waals surface area contributed by atoms with E-state index in [0.717, 1.165) is 16.4 Å². The predicted molar refractivity (Wildman–Crippen MR) is 124 cm³/mol. The zero-order valence-electron chi connectivity index (χ0n) is 16.6. The summed E-state index contributed by atoms with van der Waals surface area (Å²) in [5.74, 6) is -2.95. The summed E-state index contributed by atoms with van der Waals surface area (Å²) in [6, 6.07) is 12.4. The summed E-state index contributed by atoms with van der Waals surface area (Å²) in [7, 11) is 0. The molecule has 0 unspecified atom stereocenters. The van der Waals surface area contributed by atoms with Gasteiger partial charge in [0.15, 0.2) is 0 Å². The molecule has 3 amide bonds. The molecule has 3 aliphatic rings. The van der Waals surface area contributed by atoms with Crippen LogP contribution in [0.4, 0.5) is 4.39 Å². The molecule has 0 aromatic heterocycles. The lowest BCUT2D eigenvalue weighted by Crippen LogP contribution is -2.50. The van der Waals surface area contributed by atoms with Crippen LogP contribution >= 0.6 is 43.5 Å². The van der Waals surface area contributed by atoms with E-state index in [9.17, 15) is 18.8 Å². The van der Waals surface area contributed by atoms with Crippen LogP contribution in [0.25, 0.3) is 0 Å². The Kier molecular flexibility index (Phi) is 5.66. The van der Waals surface area contributed by atoms with E-state index in [1.54, 1.807) is 30.3 Å². The monoisotopic (exact) mass is 582 g/mol. The van der Waals surface area contributed by atoms with Crippen molar-refractivity contribution in [1.82, 2.24) is 10.0 Å². The lowest BCUT2D eigenvalue weighted by atomic mass is 9.81. The lowest BCUT2D eigenvalue weighted by Gasteiger charge is -2.31. The largest absolute Gasteiger partial charge is 0.274 e. The van der Waals surface area contributed by atoms with Crippen LogP contribution in [-0.4, -0.2) is 37.4 Å². The van der Waals surface area contributed by atoms with Crippen molar-refractivity contribution < 1.29 is 18.8 Å². The highest BCUT2D eigenvalue weighted by Crippen LogP contribution is 2.60. The number of rotatable bonds is 4. The van der Waals surface area contributed by atoms with Crippen molar-refractivity contribution in [1.29, 1.82) is 0 Å². The molecule has 6 atom stereocenters. The van der Waals surface area contributed by atoms with E-state index >= 15 is 0 Å². The zero-order valence-corrected chi connectivity index (χ0v) is 20.6. The molecule has 2 saturated carbocycles. The fourth-order valence-electron chi connectivity index (χ4n) is 5.37. The van der Waals surface area contributed by atoms with Crippen LogP contribution in [0.5, 0.6) is 0 Å². The number of fused-ring (bicyclic) bond motifs is 5. The van der Waals surface area contributed by atoms with Gasteiger partial charge in [-0.1, -0.05) is 73.8 Å². The SMILES string of the molecule is O=C(c1ccccc1Cl)N(Cc1ccccc1F)N1C(=O)[C@@H]2[C@H]3C[C@@H]([C@@H](Br)[C@H]3Br)[C@H]2C1=O. The smallest absolute Gasteiger partial charge is 0.272 e. The first-order valence-electron chi connectivity index (χ1n) is 10.3. The first-order valence-corrected chi connectivity index (χ1v) is 12.5. The Morgan fingerprint density at radius 3 is 2.16 bits per heavy atom. The third kappa shape index (κ3) is 3.25. The van der Waals surface area contributed by atoms with Gasteiger partial charge in [0.1, 0.15) is 5.82 Å². The van der Waals surface area contributed by atoms with Gasteiger partial charge in [-0.3, -0.25) is 14.4 Å². The molecule has 9 heteroatoms. The molecule has 5 nitrogen and oxygen atoms in total. The molecule has 2 aromatic rings. The molecule has 0 spiro atoms. The van der Waals surface area contributed by atoms with Crippen molar-refractivity contribution in [3.8, 4) is 0 Å². The Hall–Kier alpha value is -1.77. The molecular formula is C23H18Br2ClFN2O3. The topological polar surface area (TPSA) is 57.7 Å². The first kappa shape index (κ1) is 22.0. The van der Waals surface area contributed by atoms with E-state index in [1.165, 1.54) is 18.2 Å². The molecule has 0 radical (unpaired) electrons. The summed E-state index contributed by atoms with van der Waals surface area (Å²) in [5.41, 5.74) is 0.341. The van der Waals surface area contributed by atoms with Crippen LogP contribution < -0.4 is 0 Å². The average molecular weight is 585 g/mol. The molecule has 3 fully saturated rings. The lowest BCUT2D eigenvalue weighted by molar-refractivity contribution is -0.156. The highest BCUT2D eigenvalue weighted by Gasteiger charge is 2.67. The Morgan fingerprint density at radius 2 is 1.56 bits per heavy atom. The minimum absolute atomic E-state index is 0.00144. The summed E-state index contributed by atoms with van der Waals surface area (Å²) in [4.78, 5) is 40.7. The number of amides is 3. The van der Waals surface area contributed by atoms with Crippen LogP contribution in [0.1, 0.15) is 22.3 Å². The second kappa shape index (κ2) is 8.22. The third-order valence-corrected chi connectivity index (χ3v) is 10.4. The van der Waals surface area contributed by atoms with Crippen molar-refractivity contribution >= 4 is 61.2 Å². The van der Waals surface area contributed by atoms with Crippen molar-refractivity contribution in [2.45, 2.75) is 22.6 Å². The molecular weight excluding hydrogens is 567 g/mol. The highest BCUT2D eigenvalue weighted by atomic mass is 79.9. The number of imide groups is 1. The summed E-state index contributed by atoms with van der Waals surface area (Å²) >= 11 is 13.6. The predicted octanol–water partition coefficient (Wildman–Crippen LogP) is 4.81. The van der Waals surface area contributed by atoms with Gasteiger partial charge >= 0.3 is 0 Å². The van der Waals surface area contributed by atoms with E-state index in [4.69, 9.17) is 11.6 Å². The van der Waals surface area contributed by atoms with Crippen LogP contribution in [0.2, 0.25) is 5.02 Å². The maximum absolute atomic E-state index is 14.5. The molecule has 2 aromatic carbocycles. The quantitative estimate of drug-likeness (QED) is 0.383. The number of alkyl halides is 2. The average Bonchev–Trinajstić information content (AvgIpc) is 3.38. The summed E-state index contributed by atoms with van der Waals surface area (Å²) in [6.07, 6.45) is 0.776. The van der Waals surface area contributed by atoms with Gasteiger partial charge in [0.05, 0.1) is 29.0 Å². The number of carbonyl (C=O) groups is 3. The van der Waals surface area contributed by atoms with Crippen molar-refractivity contribution in [3.05, 3.63) is 70.5 Å². The molecule has 2 bridgehead atoms. The van der Waals surface area contributed by atoms with Gasteiger partial charge in [-0.15, -0.1) is 0 Å². The van der Waals surface area contributed by atoms with E-state index in [0.29, 0.717) is 0 Å². The molecule has 2 aliphatic carbocycles. The van der Waals surface area contributed by atoms with Gasteiger partial charge < -0.3 is 0 Å². The van der Waals surface area contributed by atoms with E-state index < -0.39 is 35.4 Å². The maximum atomic E-state index is 14.5. The summed E-state index contributed by atoms with van der Waals surface area (Å²) < 4.78 is 14.5. The van der Waals surface area contributed by atoms with Gasteiger partial charge in [0.25, 0.3) is 17.7 Å². The second-order valence-corrected chi connectivity index (χ2v) is 10.9. The molecule has 166 valence electrons. The number of carbonyl (C=O) groups excluding carboxylic acids is 3. The minimum atomic E-state index is -0.626. The number of nitrogens with zero attached hydrogens (tertiary/aromatic N) is 2. The number of hydrogen-bond acceptors (Lipinski definition) is 3. The molecule has 32 heavy (non-hydrogen) atoms. The Balaban J connectivity index is 1.56. The summed E-state index contributed by atoms with van der Waals surface area (Å²) in [6.45, 7) is -0.265. The third-order valence-electron chi connectivity index (χ3n) is 6.82. The number of halogens is 4. The van der Waals surface area contributed by atoms with Crippen LogP contribution in [-0.2, 0) is 16.1 Å². The molecule has 0 N–H and O–H groups in total. The van der Waals surface area contributed by atoms with Crippen molar-refractivity contribution in [2.75, 3.05) is 0 Å². The maximum Gasteiger partial charge on any atom is 0.274 e. The highest BCUT2D eigenvalue weighted by molar-refractivity contribution is 9.12. The molecule has 1 heterocycles. The molecule has 5 rings (SSSR count). The standard InChI is InChI=1S/C23H18Br2ClFN2O3/c24-19-13-9-14(20(19)25)18-17(13)22(31)29(23(18)32)28(10-11-5-1-4-8-16(11)27)21(30)12-6-2-3-7-15(12)26/h1-8,13-14,17-20H,9-10H2/t13-,14-,17-,18-,19-,20+/m1/s1. The Morgan fingerprint density at radius 1 is 1.00 bits per heavy atom. The van der Waals surface area contributed by atoms with Crippen LogP contribution in [0, 0.1) is 29.5 Å². The van der Waals surface area contributed by atoms with Crippen LogP contribution in [0.15, 0.2) is 48.5 Å². The van der Waals surface area contributed by atoms with E-state index in [2.05, 4.69) is 31.9 Å². The number of benzene rings is 2. The zero-order chi connectivity index (χ0) is 22.7. The fraction of sp³-hybridized carbons (Fsp3) is 0.348. The Labute approximate surface area is 206 Å². The van der Waals surface area contributed by atoms with Gasteiger partial charge in [-0.25, -0.2) is 9.40 Å². The van der Waals surface area contributed by atoms with E-state index in [1.807, 2.05) is 0 Å². The van der Waals surface area contributed by atoms with E-state index in [-0.39, 0.29) is 44.2 Å². The Bertz CT molecular complexity index is 1100. The number of hydrogen-bond donors (Lipinski definition) is 0. The van der Waals surface area contributed by atoms with Crippen LogP contribution in [0.3, 0.4) is 0 Å². The normalized spacial score (nSPS) is 30.7. The van der Waals surface area contributed by atoms with Gasteiger partial charge in [0, 0.05) is 15.2 Å². The molecule has 1 saturated heterocycles. The first-order chi connectivity index (χ1) is 15.3. The molecule has 1 aliphatic heterocycles. The second-order valence-electron chi connectivity index (χ2n) is 8.43. The number of hydrazine groups is 1.